The summed E-state index contributed by atoms with van der Waals surface area (Å²) in [5.41, 5.74) is 2.08. The zero-order valence-corrected chi connectivity index (χ0v) is 11.9. The minimum Gasteiger partial charge on any atom is -0.493 e. The van der Waals surface area contributed by atoms with E-state index in [1.807, 2.05) is 18.2 Å². The average Bonchev–Trinajstić information content (AvgIpc) is 2.95. The number of benzene rings is 1. The topological polar surface area (TPSA) is 72.5 Å². The molecule has 1 aromatic rings. The van der Waals surface area contributed by atoms with Crippen molar-refractivity contribution in [1.82, 2.24) is 5.32 Å². The minimum absolute atomic E-state index is 0.0662. The van der Waals surface area contributed by atoms with Crippen LogP contribution in [0.2, 0.25) is 0 Å². The van der Waals surface area contributed by atoms with Crippen LogP contribution in [0.15, 0.2) is 18.2 Å². The Morgan fingerprint density at radius 2 is 2.25 bits per heavy atom. The first-order valence-corrected chi connectivity index (χ1v) is 8.58. The van der Waals surface area contributed by atoms with E-state index in [2.05, 4.69) is 5.32 Å². The second-order valence-corrected chi connectivity index (χ2v) is 7.61. The summed E-state index contributed by atoms with van der Waals surface area (Å²) in [5, 5.41) is 2.80. The molecule has 5 nitrogen and oxygen atoms in total. The Bertz CT molecular complexity index is 639. The van der Waals surface area contributed by atoms with E-state index in [0.29, 0.717) is 13.0 Å². The predicted octanol–water partition coefficient (Wildman–Crippen LogP) is 0.467. The van der Waals surface area contributed by atoms with Crippen LogP contribution < -0.4 is 10.1 Å². The molecule has 1 aromatic carbocycles. The van der Waals surface area contributed by atoms with Crippen molar-refractivity contribution in [3.05, 3.63) is 29.3 Å². The third-order valence-electron chi connectivity index (χ3n) is 3.72. The van der Waals surface area contributed by atoms with Crippen molar-refractivity contribution in [1.29, 1.82) is 0 Å². The van der Waals surface area contributed by atoms with Gasteiger partial charge < -0.3 is 10.1 Å². The fourth-order valence-electron chi connectivity index (χ4n) is 2.72. The molecule has 1 saturated heterocycles. The van der Waals surface area contributed by atoms with Crippen LogP contribution in [0.1, 0.15) is 17.5 Å². The Balaban J connectivity index is 1.59. The monoisotopic (exact) mass is 295 g/mol. The second kappa shape index (κ2) is 5.09. The van der Waals surface area contributed by atoms with Crippen LogP contribution in [0.4, 0.5) is 0 Å². The van der Waals surface area contributed by atoms with Gasteiger partial charge in [0.2, 0.25) is 5.91 Å². The highest BCUT2D eigenvalue weighted by atomic mass is 32.2. The van der Waals surface area contributed by atoms with Crippen LogP contribution >= 0.6 is 0 Å². The highest BCUT2D eigenvalue weighted by Gasteiger charge is 2.28. The molecular weight excluding hydrogens is 278 g/mol. The molecular formula is C14H17NO4S. The number of carbonyl (C=O) groups is 1. The van der Waals surface area contributed by atoms with E-state index in [1.165, 1.54) is 0 Å². The highest BCUT2D eigenvalue weighted by Crippen LogP contribution is 2.26. The van der Waals surface area contributed by atoms with Gasteiger partial charge in [0.25, 0.3) is 0 Å². The lowest BCUT2D eigenvalue weighted by Crippen LogP contribution is -2.36. The molecule has 0 bridgehead atoms. The van der Waals surface area contributed by atoms with Crippen molar-refractivity contribution in [2.75, 3.05) is 18.1 Å². The normalized spacial score (nSPS) is 23.1. The molecule has 1 N–H and O–H groups in total. The number of sulfone groups is 1. The van der Waals surface area contributed by atoms with Gasteiger partial charge in [0.05, 0.1) is 24.5 Å². The summed E-state index contributed by atoms with van der Waals surface area (Å²) in [4.78, 5) is 11.9. The van der Waals surface area contributed by atoms with Crippen LogP contribution in [0.5, 0.6) is 5.75 Å². The Morgan fingerprint density at radius 3 is 3.00 bits per heavy atom. The van der Waals surface area contributed by atoms with Gasteiger partial charge in [-0.2, -0.15) is 0 Å². The molecule has 0 spiro atoms. The zero-order chi connectivity index (χ0) is 14.2. The second-order valence-electron chi connectivity index (χ2n) is 5.38. The van der Waals surface area contributed by atoms with Gasteiger partial charge in [-0.15, -0.1) is 0 Å². The van der Waals surface area contributed by atoms with Crippen molar-refractivity contribution in [3.8, 4) is 5.75 Å². The lowest BCUT2D eigenvalue weighted by molar-refractivity contribution is -0.120. The molecule has 1 amide bonds. The van der Waals surface area contributed by atoms with Crippen LogP contribution in [-0.2, 0) is 27.5 Å². The molecule has 0 aliphatic carbocycles. The van der Waals surface area contributed by atoms with Gasteiger partial charge in [0.15, 0.2) is 9.84 Å². The number of ether oxygens (including phenoxy) is 1. The molecule has 0 aromatic heterocycles. The number of nitrogens with one attached hydrogen (secondary N) is 1. The fraction of sp³-hybridized carbons (Fsp3) is 0.500. The van der Waals surface area contributed by atoms with Crippen molar-refractivity contribution in [2.45, 2.75) is 25.3 Å². The smallest absolute Gasteiger partial charge is 0.224 e. The summed E-state index contributed by atoms with van der Waals surface area (Å²) in [5.74, 6) is 1.02. The van der Waals surface area contributed by atoms with E-state index in [0.717, 1.165) is 23.3 Å². The third kappa shape index (κ3) is 2.95. The predicted molar refractivity (Wildman–Crippen MR) is 74.5 cm³/mol. The number of hydrogen-bond acceptors (Lipinski definition) is 4. The highest BCUT2D eigenvalue weighted by molar-refractivity contribution is 7.91. The number of amides is 1. The molecule has 1 atom stereocenters. The van der Waals surface area contributed by atoms with Crippen molar-refractivity contribution >= 4 is 15.7 Å². The average molecular weight is 295 g/mol. The van der Waals surface area contributed by atoms with Crippen LogP contribution in [-0.4, -0.2) is 38.5 Å². The SMILES string of the molecule is O=C(Cc1ccc2c(c1)CCO2)NC1CCS(=O)(=O)C1. The third-order valence-corrected chi connectivity index (χ3v) is 5.48. The van der Waals surface area contributed by atoms with Crippen LogP contribution in [0, 0.1) is 0 Å². The van der Waals surface area contributed by atoms with Gasteiger partial charge in [0.1, 0.15) is 5.75 Å². The molecule has 2 heterocycles. The molecule has 0 saturated carbocycles. The summed E-state index contributed by atoms with van der Waals surface area (Å²) in [6.07, 6.45) is 1.68. The Hall–Kier alpha value is -1.56. The summed E-state index contributed by atoms with van der Waals surface area (Å²) < 4.78 is 28.1. The standard InChI is InChI=1S/C14H17NO4S/c16-14(15-12-4-6-20(17,18)9-12)8-10-1-2-13-11(7-10)3-5-19-13/h1-2,7,12H,3-6,8-9H2,(H,15,16). The maximum absolute atomic E-state index is 11.9. The summed E-state index contributed by atoms with van der Waals surface area (Å²) in [6.45, 7) is 0.699. The van der Waals surface area contributed by atoms with Crippen molar-refractivity contribution in [2.24, 2.45) is 0 Å². The molecule has 1 fully saturated rings. The Morgan fingerprint density at radius 1 is 1.40 bits per heavy atom. The maximum atomic E-state index is 11.9. The molecule has 6 heteroatoms. The number of hydrogen-bond donors (Lipinski definition) is 1. The van der Waals surface area contributed by atoms with E-state index in [-0.39, 0.29) is 29.9 Å². The summed E-state index contributed by atoms with van der Waals surface area (Å²) in [6, 6.07) is 5.54. The van der Waals surface area contributed by atoms with E-state index >= 15 is 0 Å². The molecule has 0 radical (unpaired) electrons. The Labute approximate surface area is 118 Å². The molecule has 3 rings (SSSR count). The van der Waals surface area contributed by atoms with Gasteiger partial charge >= 0.3 is 0 Å². The summed E-state index contributed by atoms with van der Waals surface area (Å²) in [7, 11) is -2.95. The largest absolute Gasteiger partial charge is 0.493 e. The van der Waals surface area contributed by atoms with Gasteiger partial charge in [0, 0.05) is 12.5 Å². The molecule has 20 heavy (non-hydrogen) atoms. The minimum atomic E-state index is -2.95. The first kappa shape index (κ1) is 13.4. The van der Waals surface area contributed by atoms with E-state index in [1.54, 1.807) is 0 Å². The first-order chi connectivity index (χ1) is 9.52. The van der Waals surface area contributed by atoms with Gasteiger partial charge in [-0.1, -0.05) is 12.1 Å². The fourth-order valence-corrected chi connectivity index (χ4v) is 4.40. The molecule has 2 aliphatic rings. The molecule has 2 aliphatic heterocycles. The number of rotatable bonds is 3. The number of fused-ring (bicyclic) bond motifs is 1. The molecule has 108 valence electrons. The first-order valence-electron chi connectivity index (χ1n) is 6.76. The lowest BCUT2D eigenvalue weighted by atomic mass is 10.1. The van der Waals surface area contributed by atoms with E-state index in [9.17, 15) is 13.2 Å². The van der Waals surface area contributed by atoms with Gasteiger partial charge in [-0.25, -0.2) is 8.42 Å². The van der Waals surface area contributed by atoms with Crippen molar-refractivity contribution < 1.29 is 17.9 Å². The van der Waals surface area contributed by atoms with Gasteiger partial charge in [-0.05, 0) is 23.6 Å². The van der Waals surface area contributed by atoms with Crippen LogP contribution in [0.25, 0.3) is 0 Å². The van der Waals surface area contributed by atoms with Gasteiger partial charge in [-0.3, -0.25) is 4.79 Å². The quantitative estimate of drug-likeness (QED) is 0.879. The van der Waals surface area contributed by atoms with E-state index < -0.39 is 9.84 Å². The zero-order valence-electron chi connectivity index (χ0n) is 11.1. The lowest BCUT2D eigenvalue weighted by Gasteiger charge is -2.11. The van der Waals surface area contributed by atoms with Crippen LogP contribution in [0.3, 0.4) is 0 Å². The van der Waals surface area contributed by atoms with Crippen molar-refractivity contribution in [3.63, 3.8) is 0 Å². The summed E-state index contributed by atoms with van der Waals surface area (Å²) >= 11 is 0. The Kier molecular flexibility index (Phi) is 3.41. The number of carbonyl (C=O) groups excluding carboxylic acids is 1. The van der Waals surface area contributed by atoms with E-state index in [4.69, 9.17) is 4.74 Å². The maximum Gasteiger partial charge on any atom is 0.224 e. The molecule has 1 unspecified atom stereocenters.